The van der Waals surface area contributed by atoms with Gasteiger partial charge in [-0.15, -0.1) is 0 Å². The van der Waals surface area contributed by atoms with Gasteiger partial charge >= 0.3 is 0 Å². The van der Waals surface area contributed by atoms with Crippen LogP contribution in [0.2, 0.25) is 0 Å². The minimum Gasteiger partial charge on any atom is -0.296 e. The van der Waals surface area contributed by atoms with Crippen molar-refractivity contribution in [2.45, 2.75) is 13.8 Å². The molecule has 0 saturated heterocycles. The average molecular weight is 313 g/mol. The number of pyridine rings is 1. The normalized spacial score (nSPS) is 10.9. The second kappa shape index (κ2) is 5.39. The van der Waals surface area contributed by atoms with Crippen molar-refractivity contribution < 1.29 is 9.59 Å². The van der Waals surface area contributed by atoms with Crippen molar-refractivity contribution in [3.8, 4) is 11.3 Å². The molecule has 110 valence electrons. The van der Waals surface area contributed by atoms with E-state index in [0.717, 1.165) is 16.7 Å². The van der Waals surface area contributed by atoms with Crippen LogP contribution < -0.4 is 0 Å². The second-order valence-corrected chi connectivity index (χ2v) is 5.56. The number of imidazole rings is 1. The standard InChI is InChI=1S/C17H13ClN2O2/c1-10-3-6-12(7-4-10)14-15(16(21)17(18)22)20-9-11(2)5-8-13(20)19-14/h3-9H,1-2H3. The van der Waals surface area contributed by atoms with E-state index in [4.69, 9.17) is 11.6 Å². The van der Waals surface area contributed by atoms with Crippen molar-refractivity contribution in [1.82, 2.24) is 9.38 Å². The molecule has 0 aliphatic rings. The van der Waals surface area contributed by atoms with E-state index >= 15 is 0 Å². The molecular formula is C17H13ClN2O2. The third kappa shape index (κ3) is 2.42. The fourth-order valence-electron chi connectivity index (χ4n) is 2.37. The van der Waals surface area contributed by atoms with Crippen molar-refractivity contribution in [3.05, 3.63) is 59.4 Å². The molecule has 1 aromatic carbocycles. The van der Waals surface area contributed by atoms with Gasteiger partial charge in [0.15, 0.2) is 0 Å². The molecular weight excluding hydrogens is 300 g/mol. The maximum atomic E-state index is 12.2. The summed E-state index contributed by atoms with van der Waals surface area (Å²) < 4.78 is 1.62. The lowest BCUT2D eigenvalue weighted by atomic mass is 10.1. The van der Waals surface area contributed by atoms with Crippen LogP contribution in [0, 0.1) is 13.8 Å². The number of halogens is 1. The van der Waals surface area contributed by atoms with E-state index < -0.39 is 11.0 Å². The fraction of sp³-hybridized carbons (Fsp3) is 0.118. The summed E-state index contributed by atoms with van der Waals surface area (Å²) in [5, 5.41) is -1.02. The quantitative estimate of drug-likeness (QED) is 0.422. The number of carbonyl (C=O) groups excluding carboxylic acids is 2. The number of aryl methyl sites for hydroxylation is 2. The topological polar surface area (TPSA) is 51.4 Å². The highest BCUT2D eigenvalue weighted by Gasteiger charge is 2.24. The summed E-state index contributed by atoms with van der Waals surface area (Å²) in [5.74, 6) is -0.754. The lowest BCUT2D eigenvalue weighted by molar-refractivity contribution is -0.108. The number of carbonyl (C=O) groups is 2. The van der Waals surface area contributed by atoms with E-state index in [0.29, 0.717) is 11.3 Å². The first kappa shape index (κ1) is 14.5. The minimum absolute atomic E-state index is 0.197. The molecule has 3 rings (SSSR count). The van der Waals surface area contributed by atoms with Crippen LogP contribution in [0.5, 0.6) is 0 Å². The Morgan fingerprint density at radius 2 is 1.64 bits per heavy atom. The zero-order valence-corrected chi connectivity index (χ0v) is 12.9. The van der Waals surface area contributed by atoms with Crippen LogP contribution in [0.25, 0.3) is 16.9 Å². The Morgan fingerprint density at radius 3 is 2.27 bits per heavy atom. The van der Waals surface area contributed by atoms with Crippen LogP contribution in [0.3, 0.4) is 0 Å². The molecule has 22 heavy (non-hydrogen) atoms. The average Bonchev–Trinajstić information content (AvgIpc) is 2.85. The summed E-state index contributed by atoms with van der Waals surface area (Å²) in [6, 6.07) is 11.3. The van der Waals surface area contributed by atoms with Crippen LogP contribution in [-0.4, -0.2) is 20.4 Å². The molecule has 0 fully saturated rings. The number of nitrogens with zero attached hydrogens (tertiary/aromatic N) is 2. The van der Waals surface area contributed by atoms with E-state index in [1.54, 1.807) is 10.6 Å². The molecule has 2 aromatic heterocycles. The Balaban J connectivity index is 2.33. The van der Waals surface area contributed by atoms with Crippen molar-refractivity contribution in [2.75, 3.05) is 0 Å². The Hall–Kier alpha value is -2.46. The van der Waals surface area contributed by atoms with Crippen LogP contribution in [0.4, 0.5) is 0 Å². The van der Waals surface area contributed by atoms with Gasteiger partial charge in [0.1, 0.15) is 17.0 Å². The number of fused-ring (bicyclic) bond motifs is 1. The molecule has 4 nitrogen and oxygen atoms in total. The number of Topliss-reactive ketones (excluding diaryl/α,β-unsaturated/α-hetero) is 1. The van der Waals surface area contributed by atoms with Gasteiger partial charge in [0, 0.05) is 11.8 Å². The minimum atomic E-state index is -1.02. The van der Waals surface area contributed by atoms with E-state index in [2.05, 4.69) is 4.98 Å². The van der Waals surface area contributed by atoms with Crippen LogP contribution >= 0.6 is 11.6 Å². The third-order valence-electron chi connectivity index (χ3n) is 3.49. The third-order valence-corrected chi connectivity index (χ3v) is 3.66. The zero-order chi connectivity index (χ0) is 15.9. The fourth-order valence-corrected chi connectivity index (χ4v) is 2.46. The number of hydrogen-bond donors (Lipinski definition) is 0. The second-order valence-electron chi connectivity index (χ2n) is 5.21. The molecule has 0 radical (unpaired) electrons. The highest BCUT2D eigenvalue weighted by Crippen LogP contribution is 2.26. The number of benzene rings is 1. The largest absolute Gasteiger partial charge is 0.296 e. The number of ketones is 1. The zero-order valence-electron chi connectivity index (χ0n) is 12.1. The first-order valence-electron chi connectivity index (χ1n) is 6.77. The Kier molecular flexibility index (Phi) is 3.54. The molecule has 0 atom stereocenters. The smallest absolute Gasteiger partial charge is 0.294 e. The van der Waals surface area contributed by atoms with Crippen molar-refractivity contribution in [2.24, 2.45) is 0 Å². The van der Waals surface area contributed by atoms with Crippen LogP contribution in [-0.2, 0) is 4.79 Å². The molecule has 0 N–H and O–H groups in total. The molecule has 0 saturated carbocycles. The highest BCUT2D eigenvalue weighted by atomic mass is 35.5. The SMILES string of the molecule is Cc1ccc(-c2nc3ccc(C)cn3c2C(=O)C(=O)Cl)cc1. The van der Waals surface area contributed by atoms with Crippen molar-refractivity contribution in [1.29, 1.82) is 0 Å². The lowest BCUT2D eigenvalue weighted by Crippen LogP contribution is -2.12. The van der Waals surface area contributed by atoms with Gasteiger partial charge in [-0.3, -0.25) is 14.0 Å². The summed E-state index contributed by atoms with van der Waals surface area (Å²) in [7, 11) is 0. The van der Waals surface area contributed by atoms with Gasteiger partial charge in [0.05, 0.1) is 0 Å². The Bertz CT molecular complexity index is 895. The molecule has 5 heteroatoms. The Labute approximate surface area is 132 Å². The summed E-state index contributed by atoms with van der Waals surface area (Å²) in [6.07, 6.45) is 1.77. The maximum absolute atomic E-state index is 12.2. The summed E-state index contributed by atoms with van der Waals surface area (Å²) in [6.45, 7) is 3.88. The maximum Gasteiger partial charge on any atom is 0.294 e. The summed E-state index contributed by atoms with van der Waals surface area (Å²) in [5.41, 5.74) is 4.09. The van der Waals surface area contributed by atoms with Crippen molar-refractivity contribution >= 4 is 28.3 Å². The summed E-state index contributed by atoms with van der Waals surface area (Å²) >= 11 is 5.41. The number of hydrogen-bond acceptors (Lipinski definition) is 3. The molecule has 0 bridgehead atoms. The molecule has 3 aromatic rings. The van der Waals surface area contributed by atoms with E-state index in [1.807, 2.05) is 50.2 Å². The number of aromatic nitrogens is 2. The molecule has 0 unspecified atom stereocenters. The van der Waals surface area contributed by atoms with E-state index in [9.17, 15) is 9.59 Å². The predicted molar refractivity (Wildman–Crippen MR) is 85.3 cm³/mol. The Morgan fingerprint density at radius 1 is 1.00 bits per heavy atom. The van der Waals surface area contributed by atoms with Crippen LogP contribution in [0.1, 0.15) is 21.6 Å². The molecule has 2 heterocycles. The van der Waals surface area contributed by atoms with Gasteiger partial charge < -0.3 is 0 Å². The van der Waals surface area contributed by atoms with E-state index in [1.165, 1.54) is 0 Å². The number of rotatable bonds is 3. The molecule has 0 amide bonds. The first-order valence-corrected chi connectivity index (χ1v) is 7.15. The van der Waals surface area contributed by atoms with Gasteiger partial charge in [0.25, 0.3) is 11.0 Å². The summed E-state index contributed by atoms with van der Waals surface area (Å²) in [4.78, 5) is 28.1. The van der Waals surface area contributed by atoms with Crippen molar-refractivity contribution in [3.63, 3.8) is 0 Å². The lowest BCUT2D eigenvalue weighted by Gasteiger charge is -2.03. The van der Waals surface area contributed by atoms with Gasteiger partial charge in [-0.1, -0.05) is 35.9 Å². The predicted octanol–water partition coefficient (Wildman–Crippen LogP) is 3.57. The van der Waals surface area contributed by atoms with Gasteiger partial charge in [-0.2, -0.15) is 0 Å². The van der Waals surface area contributed by atoms with Crippen LogP contribution in [0.15, 0.2) is 42.6 Å². The van der Waals surface area contributed by atoms with Gasteiger partial charge in [-0.25, -0.2) is 4.98 Å². The van der Waals surface area contributed by atoms with Gasteiger partial charge in [-0.05, 0) is 37.1 Å². The monoisotopic (exact) mass is 312 g/mol. The molecule has 0 aliphatic heterocycles. The highest BCUT2D eigenvalue weighted by molar-refractivity contribution is 6.83. The molecule has 0 spiro atoms. The molecule has 0 aliphatic carbocycles. The van der Waals surface area contributed by atoms with Gasteiger partial charge in [0.2, 0.25) is 0 Å². The van der Waals surface area contributed by atoms with E-state index in [-0.39, 0.29) is 5.69 Å². The first-order chi connectivity index (χ1) is 10.5.